The van der Waals surface area contributed by atoms with Gasteiger partial charge >= 0.3 is 0 Å². The molecule has 0 aliphatic heterocycles. The Morgan fingerprint density at radius 2 is 1.93 bits per heavy atom. The molecule has 2 heterocycles. The molecule has 0 saturated heterocycles. The van der Waals surface area contributed by atoms with Crippen molar-refractivity contribution in [2.24, 2.45) is 0 Å². The van der Waals surface area contributed by atoms with Gasteiger partial charge in [0, 0.05) is 17.5 Å². The average molecular weight is 383 g/mol. The maximum absolute atomic E-state index is 13.5. The van der Waals surface area contributed by atoms with Gasteiger partial charge in [-0.2, -0.15) is 4.98 Å². The van der Waals surface area contributed by atoms with Crippen molar-refractivity contribution in [2.75, 3.05) is 0 Å². The second-order valence-corrected chi connectivity index (χ2v) is 6.25. The molecule has 0 aliphatic rings. The summed E-state index contributed by atoms with van der Waals surface area (Å²) < 4.78 is 33.3. The van der Waals surface area contributed by atoms with Crippen LogP contribution in [-0.4, -0.2) is 19.8 Å². The molecule has 0 saturated carbocycles. The van der Waals surface area contributed by atoms with Crippen LogP contribution in [0.3, 0.4) is 0 Å². The largest absolute Gasteiger partial charge is 0.506 e. The molecule has 0 bridgehead atoms. The smallest absolute Gasteiger partial charge is 0.267 e. The highest BCUT2D eigenvalue weighted by Gasteiger charge is 2.23. The minimum absolute atomic E-state index is 0.0251. The molecule has 1 N–H and O–H groups in total. The Balaban J connectivity index is 1.91. The van der Waals surface area contributed by atoms with Gasteiger partial charge in [0.25, 0.3) is 11.4 Å². The van der Waals surface area contributed by atoms with E-state index in [1.54, 1.807) is 24.3 Å². The summed E-state index contributed by atoms with van der Waals surface area (Å²) in [6.07, 6.45) is 0.706. The summed E-state index contributed by atoms with van der Waals surface area (Å²) >= 11 is 0. The first-order chi connectivity index (χ1) is 13.5. The lowest BCUT2D eigenvalue weighted by atomic mass is 10.1. The summed E-state index contributed by atoms with van der Waals surface area (Å²) in [6.45, 7) is 2.37. The van der Waals surface area contributed by atoms with Gasteiger partial charge in [-0.05, 0) is 36.8 Å². The highest BCUT2D eigenvalue weighted by atomic mass is 19.2. The summed E-state index contributed by atoms with van der Waals surface area (Å²) in [5, 5.41) is 14.9. The van der Waals surface area contributed by atoms with Crippen LogP contribution in [0.1, 0.15) is 13.3 Å². The number of aromatic nitrogens is 3. The Kier molecular flexibility index (Phi) is 4.38. The molecule has 142 valence electrons. The molecule has 4 rings (SSSR count). The molecule has 0 fully saturated rings. The van der Waals surface area contributed by atoms with E-state index in [4.69, 9.17) is 4.52 Å². The molecule has 4 aromatic rings. The van der Waals surface area contributed by atoms with Gasteiger partial charge in [0.15, 0.2) is 11.6 Å². The maximum Gasteiger partial charge on any atom is 0.267 e. The van der Waals surface area contributed by atoms with Gasteiger partial charge in [0.2, 0.25) is 5.82 Å². The topological polar surface area (TPSA) is 81.2 Å². The zero-order valence-electron chi connectivity index (χ0n) is 14.8. The quantitative estimate of drug-likeness (QED) is 0.574. The van der Waals surface area contributed by atoms with E-state index >= 15 is 0 Å². The normalized spacial score (nSPS) is 11.2. The monoisotopic (exact) mass is 383 g/mol. The van der Waals surface area contributed by atoms with E-state index in [0.717, 1.165) is 12.1 Å². The fourth-order valence-corrected chi connectivity index (χ4v) is 3.11. The lowest BCUT2D eigenvalue weighted by Gasteiger charge is -2.12. The van der Waals surface area contributed by atoms with Crippen molar-refractivity contribution in [3.05, 3.63) is 64.5 Å². The number of rotatable bonds is 4. The minimum Gasteiger partial charge on any atom is -0.506 e. The van der Waals surface area contributed by atoms with Crippen molar-refractivity contribution in [1.82, 2.24) is 14.7 Å². The molecule has 6 nitrogen and oxygen atoms in total. The fourth-order valence-electron chi connectivity index (χ4n) is 3.11. The third kappa shape index (κ3) is 2.83. The molecular weight excluding hydrogens is 368 g/mol. The Morgan fingerprint density at radius 1 is 1.14 bits per heavy atom. The Hall–Kier alpha value is -3.55. The van der Waals surface area contributed by atoms with Crippen molar-refractivity contribution in [3.63, 3.8) is 0 Å². The number of para-hydroxylation sites is 1. The number of benzene rings is 2. The second-order valence-electron chi connectivity index (χ2n) is 6.25. The summed E-state index contributed by atoms with van der Waals surface area (Å²) in [5.41, 5.74) is 0.172. The zero-order chi connectivity index (χ0) is 19.8. The molecule has 0 aliphatic carbocycles. The summed E-state index contributed by atoms with van der Waals surface area (Å²) in [7, 11) is 0. The minimum atomic E-state index is -1.05. The van der Waals surface area contributed by atoms with Gasteiger partial charge in [-0.1, -0.05) is 24.2 Å². The second kappa shape index (κ2) is 6.88. The predicted octanol–water partition coefficient (Wildman–Crippen LogP) is 4.11. The van der Waals surface area contributed by atoms with E-state index in [9.17, 15) is 18.7 Å². The van der Waals surface area contributed by atoms with Crippen molar-refractivity contribution in [1.29, 1.82) is 0 Å². The molecule has 0 radical (unpaired) electrons. The van der Waals surface area contributed by atoms with Gasteiger partial charge in [-0.25, -0.2) is 8.78 Å². The van der Waals surface area contributed by atoms with Crippen molar-refractivity contribution < 1.29 is 18.4 Å². The van der Waals surface area contributed by atoms with Crippen molar-refractivity contribution in [3.8, 4) is 28.6 Å². The highest BCUT2D eigenvalue weighted by molar-refractivity contribution is 5.91. The summed E-state index contributed by atoms with van der Waals surface area (Å²) in [5.74, 6) is -2.54. The molecule has 2 aromatic heterocycles. The zero-order valence-corrected chi connectivity index (χ0v) is 14.8. The molecule has 0 amide bonds. The van der Waals surface area contributed by atoms with Gasteiger partial charge in [0.1, 0.15) is 11.3 Å². The number of halogens is 2. The SMILES string of the molecule is CCCn1c(=O)c(-c2nc(-c3ccc(F)c(F)c3)no2)c(O)c2ccccc21. The Bertz CT molecular complexity index is 1250. The van der Waals surface area contributed by atoms with Crippen LogP contribution in [0.25, 0.3) is 33.7 Å². The van der Waals surface area contributed by atoms with Crippen LogP contribution < -0.4 is 5.56 Å². The predicted molar refractivity (Wildman–Crippen MR) is 98.8 cm³/mol. The van der Waals surface area contributed by atoms with Crippen LogP contribution in [0.5, 0.6) is 5.75 Å². The van der Waals surface area contributed by atoms with Gasteiger partial charge < -0.3 is 14.2 Å². The molecule has 0 atom stereocenters. The molecule has 2 aromatic carbocycles. The van der Waals surface area contributed by atoms with Gasteiger partial charge in [-0.3, -0.25) is 4.79 Å². The number of hydrogen-bond acceptors (Lipinski definition) is 5. The standard InChI is InChI=1S/C20H15F2N3O3/c1-2-9-25-15-6-4-3-5-12(15)17(26)16(20(25)27)19-23-18(24-28-19)11-7-8-13(21)14(22)10-11/h3-8,10,26H,2,9H2,1H3. The molecular formula is C20H15F2N3O3. The third-order valence-corrected chi connectivity index (χ3v) is 4.41. The highest BCUT2D eigenvalue weighted by Crippen LogP contribution is 2.33. The lowest BCUT2D eigenvalue weighted by molar-refractivity contribution is 0.425. The first-order valence-electron chi connectivity index (χ1n) is 8.65. The third-order valence-electron chi connectivity index (χ3n) is 4.41. The van der Waals surface area contributed by atoms with Gasteiger partial charge in [0.05, 0.1) is 5.52 Å². The molecule has 28 heavy (non-hydrogen) atoms. The van der Waals surface area contributed by atoms with Crippen molar-refractivity contribution in [2.45, 2.75) is 19.9 Å². The Labute approximate surface area is 157 Å². The number of aryl methyl sites for hydroxylation is 1. The van der Waals surface area contributed by atoms with Crippen LogP contribution in [-0.2, 0) is 6.54 Å². The molecule has 8 heteroatoms. The summed E-state index contributed by atoms with van der Waals surface area (Å²) in [6, 6.07) is 10.1. The number of hydrogen-bond donors (Lipinski definition) is 1. The number of aromatic hydroxyl groups is 1. The molecule has 0 spiro atoms. The van der Waals surface area contributed by atoms with E-state index in [1.165, 1.54) is 10.6 Å². The van der Waals surface area contributed by atoms with Gasteiger partial charge in [-0.15, -0.1) is 0 Å². The van der Waals surface area contributed by atoms with E-state index in [0.29, 0.717) is 23.9 Å². The number of nitrogens with zero attached hydrogens (tertiary/aromatic N) is 3. The van der Waals surface area contributed by atoms with E-state index < -0.39 is 17.2 Å². The van der Waals surface area contributed by atoms with Crippen LogP contribution >= 0.6 is 0 Å². The van der Waals surface area contributed by atoms with Crippen LogP contribution in [0.2, 0.25) is 0 Å². The average Bonchev–Trinajstić information content (AvgIpc) is 3.17. The number of pyridine rings is 1. The first-order valence-corrected chi connectivity index (χ1v) is 8.65. The summed E-state index contributed by atoms with van der Waals surface area (Å²) in [4.78, 5) is 17.1. The molecule has 0 unspecified atom stereocenters. The van der Waals surface area contributed by atoms with Crippen LogP contribution in [0.15, 0.2) is 51.8 Å². The lowest BCUT2D eigenvalue weighted by Crippen LogP contribution is -2.22. The Morgan fingerprint density at radius 3 is 2.68 bits per heavy atom. The van der Waals surface area contributed by atoms with E-state index in [1.807, 2.05) is 6.92 Å². The number of fused-ring (bicyclic) bond motifs is 1. The van der Waals surface area contributed by atoms with E-state index in [-0.39, 0.29) is 28.6 Å². The van der Waals surface area contributed by atoms with Crippen LogP contribution in [0, 0.1) is 11.6 Å². The van der Waals surface area contributed by atoms with E-state index in [2.05, 4.69) is 10.1 Å². The first kappa shape index (κ1) is 17.8. The van der Waals surface area contributed by atoms with Crippen LogP contribution in [0.4, 0.5) is 8.78 Å². The maximum atomic E-state index is 13.5. The van der Waals surface area contributed by atoms with Crippen molar-refractivity contribution >= 4 is 10.9 Å². The fraction of sp³-hybridized carbons (Fsp3) is 0.150.